The molecular weight excluding hydrogens is 324 g/mol. The first-order valence-corrected chi connectivity index (χ1v) is 10.1. The fourth-order valence-electron chi connectivity index (χ4n) is 2.79. The lowest BCUT2D eigenvalue weighted by Crippen LogP contribution is -2.41. The molecule has 0 saturated carbocycles. The SMILES string of the molecule is CC(C)(Cc1ccccc1)[SiH](Oc1ccccc1)Oc1ccccc1. The summed E-state index contributed by atoms with van der Waals surface area (Å²) in [6.07, 6.45) is 0.921. The highest BCUT2D eigenvalue weighted by Gasteiger charge is 2.38. The van der Waals surface area contributed by atoms with Crippen molar-refractivity contribution < 1.29 is 8.85 Å². The molecule has 0 atom stereocenters. The molecule has 0 fully saturated rings. The molecule has 3 aromatic carbocycles. The minimum atomic E-state index is -2.07. The predicted octanol–water partition coefficient (Wildman–Crippen LogP) is 5.39. The van der Waals surface area contributed by atoms with Gasteiger partial charge in [-0.2, -0.15) is 0 Å². The second-order valence-electron chi connectivity index (χ2n) is 6.84. The van der Waals surface area contributed by atoms with E-state index in [0.717, 1.165) is 17.9 Å². The van der Waals surface area contributed by atoms with Crippen LogP contribution in [0.5, 0.6) is 11.5 Å². The van der Waals surface area contributed by atoms with Gasteiger partial charge in [0.25, 0.3) is 0 Å². The predicted molar refractivity (Wildman–Crippen MR) is 105 cm³/mol. The Morgan fingerprint density at radius 2 is 1.04 bits per heavy atom. The van der Waals surface area contributed by atoms with E-state index in [0.29, 0.717) is 0 Å². The standard InChI is InChI=1S/C22H24O2Si/c1-22(2,18-19-12-6-3-7-13-19)25(23-20-14-8-4-9-15-20)24-21-16-10-5-11-17-21/h3-17,25H,18H2,1-2H3. The Balaban J connectivity index is 1.83. The average molecular weight is 349 g/mol. The number of hydrogen-bond donors (Lipinski definition) is 0. The molecule has 0 radical (unpaired) electrons. The van der Waals surface area contributed by atoms with Gasteiger partial charge in [0.1, 0.15) is 11.5 Å². The Kier molecular flexibility index (Phi) is 5.56. The molecule has 0 N–H and O–H groups in total. The maximum absolute atomic E-state index is 6.37. The van der Waals surface area contributed by atoms with Gasteiger partial charge in [0.15, 0.2) is 0 Å². The molecular formula is C22H24O2Si. The molecule has 3 heteroatoms. The van der Waals surface area contributed by atoms with Gasteiger partial charge >= 0.3 is 9.28 Å². The van der Waals surface area contributed by atoms with Gasteiger partial charge in [-0.15, -0.1) is 0 Å². The molecule has 0 aliphatic heterocycles. The topological polar surface area (TPSA) is 18.5 Å². The molecule has 25 heavy (non-hydrogen) atoms. The van der Waals surface area contributed by atoms with E-state index in [9.17, 15) is 0 Å². The maximum atomic E-state index is 6.37. The second kappa shape index (κ2) is 8.04. The summed E-state index contributed by atoms with van der Waals surface area (Å²) in [6.45, 7) is 4.48. The Morgan fingerprint density at radius 3 is 1.48 bits per heavy atom. The van der Waals surface area contributed by atoms with Crippen molar-refractivity contribution in [1.82, 2.24) is 0 Å². The molecule has 0 amide bonds. The van der Waals surface area contributed by atoms with Crippen LogP contribution in [0.25, 0.3) is 0 Å². The quantitative estimate of drug-likeness (QED) is 0.533. The van der Waals surface area contributed by atoms with Crippen molar-refractivity contribution in [3.8, 4) is 11.5 Å². The molecule has 0 saturated heterocycles. The van der Waals surface area contributed by atoms with Gasteiger partial charge in [-0.05, 0) is 36.2 Å². The van der Waals surface area contributed by atoms with E-state index >= 15 is 0 Å². The first kappa shape index (κ1) is 17.3. The molecule has 3 rings (SSSR count). The Morgan fingerprint density at radius 1 is 0.640 bits per heavy atom. The van der Waals surface area contributed by atoms with Gasteiger partial charge in [-0.25, -0.2) is 0 Å². The molecule has 0 aliphatic rings. The minimum absolute atomic E-state index is 0.0764. The van der Waals surface area contributed by atoms with E-state index in [1.807, 2.05) is 66.7 Å². The molecule has 3 aromatic rings. The fourth-order valence-corrected chi connectivity index (χ4v) is 4.69. The summed E-state index contributed by atoms with van der Waals surface area (Å²) in [5.41, 5.74) is 1.30. The average Bonchev–Trinajstić information content (AvgIpc) is 2.63. The molecule has 0 heterocycles. The van der Waals surface area contributed by atoms with Gasteiger partial charge < -0.3 is 8.85 Å². The van der Waals surface area contributed by atoms with Gasteiger partial charge in [-0.3, -0.25) is 0 Å². The van der Waals surface area contributed by atoms with Crippen LogP contribution in [0.4, 0.5) is 0 Å². The summed E-state index contributed by atoms with van der Waals surface area (Å²) in [7, 11) is -2.07. The van der Waals surface area contributed by atoms with Crippen molar-refractivity contribution in [3.63, 3.8) is 0 Å². The molecule has 0 unspecified atom stereocenters. The lowest BCUT2D eigenvalue weighted by molar-refractivity contribution is 0.368. The van der Waals surface area contributed by atoms with Crippen LogP contribution in [0.2, 0.25) is 5.04 Å². The number of hydrogen-bond acceptors (Lipinski definition) is 2. The molecule has 0 aliphatic carbocycles. The normalized spacial score (nSPS) is 11.3. The highest BCUT2D eigenvalue weighted by atomic mass is 28.3. The lowest BCUT2D eigenvalue weighted by Gasteiger charge is -2.32. The monoisotopic (exact) mass is 348 g/mol. The minimum Gasteiger partial charge on any atom is -0.514 e. The van der Waals surface area contributed by atoms with Crippen LogP contribution in [0.3, 0.4) is 0 Å². The van der Waals surface area contributed by atoms with Crippen LogP contribution in [-0.2, 0) is 6.42 Å². The fraction of sp³-hybridized carbons (Fsp3) is 0.182. The van der Waals surface area contributed by atoms with Crippen LogP contribution in [0, 0.1) is 0 Å². The molecule has 0 aromatic heterocycles. The van der Waals surface area contributed by atoms with Crippen molar-refractivity contribution in [2.24, 2.45) is 0 Å². The zero-order chi connectivity index (χ0) is 17.5. The third kappa shape index (κ3) is 4.97. The Bertz CT molecular complexity index is 716. The van der Waals surface area contributed by atoms with E-state index in [1.54, 1.807) is 0 Å². The maximum Gasteiger partial charge on any atom is 0.450 e. The first-order valence-electron chi connectivity index (χ1n) is 8.61. The highest BCUT2D eigenvalue weighted by molar-refractivity contribution is 6.50. The summed E-state index contributed by atoms with van der Waals surface area (Å²) < 4.78 is 12.7. The van der Waals surface area contributed by atoms with Crippen molar-refractivity contribution in [2.45, 2.75) is 25.3 Å². The van der Waals surface area contributed by atoms with Crippen molar-refractivity contribution >= 4 is 9.28 Å². The summed E-state index contributed by atoms with van der Waals surface area (Å²) >= 11 is 0. The third-order valence-electron chi connectivity index (χ3n) is 4.11. The van der Waals surface area contributed by atoms with Crippen molar-refractivity contribution in [1.29, 1.82) is 0 Å². The number of para-hydroxylation sites is 2. The summed E-state index contributed by atoms with van der Waals surface area (Å²) in [4.78, 5) is 0. The van der Waals surface area contributed by atoms with E-state index in [4.69, 9.17) is 8.85 Å². The zero-order valence-electron chi connectivity index (χ0n) is 14.8. The Hall–Kier alpha value is -2.52. The smallest absolute Gasteiger partial charge is 0.450 e. The van der Waals surface area contributed by atoms with Gasteiger partial charge in [0.2, 0.25) is 0 Å². The van der Waals surface area contributed by atoms with Crippen LogP contribution >= 0.6 is 0 Å². The van der Waals surface area contributed by atoms with E-state index in [1.165, 1.54) is 5.56 Å². The zero-order valence-corrected chi connectivity index (χ0v) is 15.9. The second-order valence-corrected chi connectivity index (χ2v) is 9.54. The third-order valence-corrected chi connectivity index (χ3v) is 6.57. The van der Waals surface area contributed by atoms with Crippen LogP contribution in [-0.4, -0.2) is 9.28 Å². The van der Waals surface area contributed by atoms with Crippen LogP contribution in [0.1, 0.15) is 19.4 Å². The largest absolute Gasteiger partial charge is 0.514 e. The van der Waals surface area contributed by atoms with Gasteiger partial charge in [-0.1, -0.05) is 80.6 Å². The number of benzene rings is 3. The molecule has 128 valence electrons. The van der Waals surface area contributed by atoms with E-state index < -0.39 is 9.28 Å². The Labute approximate surface area is 151 Å². The van der Waals surface area contributed by atoms with Crippen molar-refractivity contribution in [2.75, 3.05) is 0 Å². The first-order chi connectivity index (χ1) is 12.1. The molecule has 0 bridgehead atoms. The van der Waals surface area contributed by atoms with Gasteiger partial charge in [0.05, 0.1) is 0 Å². The van der Waals surface area contributed by atoms with E-state index in [-0.39, 0.29) is 5.04 Å². The van der Waals surface area contributed by atoms with Crippen molar-refractivity contribution in [3.05, 3.63) is 96.6 Å². The summed E-state index contributed by atoms with van der Waals surface area (Å²) in [5.74, 6) is 1.74. The molecule has 2 nitrogen and oxygen atoms in total. The van der Waals surface area contributed by atoms with Crippen LogP contribution in [0.15, 0.2) is 91.0 Å². The summed E-state index contributed by atoms with van der Waals surface area (Å²) in [5, 5.41) is -0.0764. The molecule has 0 spiro atoms. The number of rotatable bonds is 7. The lowest BCUT2D eigenvalue weighted by atomic mass is 10.0. The van der Waals surface area contributed by atoms with Crippen LogP contribution < -0.4 is 8.85 Å². The van der Waals surface area contributed by atoms with Gasteiger partial charge in [0, 0.05) is 5.04 Å². The highest BCUT2D eigenvalue weighted by Crippen LogP contribution is 2.35. The summed E-state index contributed by atoms with van der Waals surface area (Å²) in [6, 6.07) is 30.5. The van der Waals surface area contributed by atoms with E-state index in [2.05, 4.69) is 38.1 Å².